The number of anilines is 2. The number of piperidine rings is 1. The number of hydrogen-bond acceptors (Lipinski definition) is 6. The number of nitrogens with one attached hydrogen (secondary N) is 1. The molecule has 0 aliphatic carbocycles. The molecule has 1 atom stereocenters. The standard InChI is InChI=1S/C25H26N6/c1-18-5-4-11-28-25(18)30-24-10-8-20(16-29-24)23-6-2-3-14-31(23)17-19-7-9-21-22(15-19)27-13-12-26-21/h4-5,7-13,15-16,23H,2-3,6,14,17H2,1H3,(H,28,29,30)/t23-/m0/s1. The predicted molar refractivity (Wildman–Crippen MR) is 123 cm³/mol. The summed E-state index contributed by atoms with van der Waals surface area (Å²) in [4.78, 5) is 20.5. The van der Waals surface area contributed by atoms with Gasteiger partial charge in [-0.2, -0.15) is 0 Å². The highest BCUT2D eigenvalue weighted by molar-refractivity contribution is 5.74. The van der Waals surface area contributed by atoms with Gasteiger partial charge >= 0.3 is 0 Å². The number of nitrogens with zero attached hydrogens (tertiary/aromatic N) is 5. The molecule has 0 amide bonds. The van der Waals surface area contributed by atoms with E-state index < -0.39 is 0 Å². The highest BCUT2D eigenvalue weighted by Crippen LogP contribution is 2.32. The Bertz CT molecular complexity index is 1170. The van der Waals surface area contributed by atoms with Crippen LogP contribution >= 0.6 is 0 Å². The number of likely N-dealkylation sites (tertiary alicyclic amines) is 1. The molecule has 3 aromatic heterocycles. The average molecular weight is 411 g/mol. The lowest BCUT2D eigenvalue weighted by Crippen LogP contribution is -2.33. The molecular weight excluding hydrogens is 384 g/mol. The van der Waals surface area contributed by atoms with Crippen LogP contribution in [0, 0.1) is 6.92 Å². The van der Waals surface area contributed by atoms with Gasteiger partial charge in [-0.25, -0.2) is 9.97 Å². The second kappa shape index (κ2) is 8.78. The zero-order chi connectivity index (χ0) is 21.0. The minimum absolute atomic E-state index is 0.379. The summed E-state index contributed by atoms with van der Waals surface area (Å²) in [5.74, 6) is 1.67. The van der Waals surface area contributed by atoms with Crippen LogP contribution in [0.3, 0.4) is 0 Å². The lowest BCUT2D eigenvalue weighted by molar-refractivity contribution is 0.140. The molecule has 0 unspecified atom stereocenters. The molecule has 156 valence electrons. The number of aryl methyl sites for hydroxylation is 1. The van der Waals surface area contributed by atoms with Crippen LogP contribution in [0.4, 0.5) is 11.6 Å². The summed E-state index contributed by atoms with van der Waals surface area (Å²) < 4.78 is 0. The highest BCUT2D eigenvalue weighted by Gasteiger charge is 2.24. The summed E-state index contributed by atoms with van der Waals surface area (Å²) in [5.41, 5.74) is 5.54. The van der Waals surface area contributed by atoms with Gasteiger partial charge in [-0.3, -0.25) is 14.9 Å². The van der Waals surface area contributed by atoms with Crippen LogP contribution in [0.5, 0.6) is 0 Å². The third kappa shape index (κ3) is 4.39. The van der Waals surface area contributed by atoms with Crippen LogP contribution in [0.25, 0.3) is 11.0 Å². The number of benzene rings is 1. The zero-order valence-corrected chi connectivity index (χ0v) is 17.7. The molecule has 4 aromatic rings. The van der Waals surface area contributed by atoms with Crippen LogP contribution in [-0.4, -0.2) is 31.4 Å². The van der Waals surface area contributed by atoms with Gasteiger partial charge in [0.1, 0.15) is 11.6 Å². The summed E-state index contributed by atoms with van der Waals surface area (Å²) in [6.45, 7) is 4.04. The van der Waals surface area contributed by atoms with Gasteiger partial charge in [-0.05, 0) is 67.3 Å². The van der Waals surface area contributed by atoms with Crippen molar-refractivity contribution in [1.29, 1.82) is 0 Å². The van der Waals surface area contributed by atoms with Crippen LogP contribution in [0.1, 0.15) is 42.0 Å². The largest absolute Gasteiger partial charge is 0.325 e. The fraction of sp³-hybridized carbons (Fsp3) is 0.280. The lowest BCUT2D eigenvalue weighted by Gasteiger charge is -2.36. The van der Waals surface area contributed by atoms with E-state index in [1.165, 1.54) is 24.0 Å². The van der Waals surface area contributed by atoms with Crippen LogP contribution < -0.4 is 5.32 Å². The molecule has 1 N–H and O–H groups in total. The minimum atomic E-state index is 0.379. The summed E-state index contributed by atoms with van der Waals surface area (Å²) in [6.07, 6.45) is 10.9. The Morgan fingerprint density at radius 1 is 0.935 bits per heavy atom. The summed E-state index contributed by atoms with van der Waals surface area (Å²) in [5, 5.41) is 3.32. The SMILES string of the molecule is Cc1cccnc1Nc1ccc([C@@H]2CCCCN2Cc2ccc3nccnc3c2)cn1. The molecule has 1 aromatic carbocycles. The van der Waals surface area contributed by atoms with Crippen molar-refractivity contribution >= 4 is 22.7 Å². The van der Waals surface area contributed by atoms with Crippen molar-refractivity contribution in [2.75, 3.05) is 11.9 Å². The van der Waals surface area contributed by atoms with Crippen LogP contribution in [0.2, 0.25) is 0 Å². The Balaban J connectivity index is 1.33. The molecule has 0 bridgehead atoms. The first kappa shape index (κ1) is 19.6. The number of aromatic nitrogens is 4. The normalized spacial score (nSPS) is 17.0. The van der Waals surface area contributed by atoms with Crippen molar-refractivity contribution in [1.82, 2.24) is 24.8 Å². The summed E-state index contributed by atoms with van der Waals surface area (Å²) in [7, 11) is 0. The maximum atomic E-state index is 4.68. The molecule has 1 fully saturated rings. The summed E-state index contributed by atoms with van der Waals surface area (Å²) >= 11 is 0. The first-order valence-corrected chi connectivity index (χ1v) is 10.8. The van der Waals surface area contributed by atoms with E-state index in [0.29, 0.717) is 6.04 Å². The van der Waals surface area contributed by atoms with Crippen molar-refractivity contribution in [3.63, 3.8) is 0 Å². The molecule has 1 aliphatic rings. The van der Waals surface area contributed by atoms with Gasteiger partial charge in [0.25, 0.3) is 0 Å². The van der Waals surface area contributed by atoms with Gasteiger partial charge in [-0.15, -0.1) is 0 Å². The number of rotatable bonds is 5. The lowest BCUT2D eigenvalue weighted by atomic mass is 9.95. The quantitative estimate of drug-likeness (QED) is 0.488. The van der Waals surface area contributed by atoms with E-state index in [0.717, 1.165) is 47.7 Å². The maximum Gasteiger partial charge on any atom is 0.134 e. The fourth-order valence-electron chi connectivity index (χ4n) is 4.31. The molecule has 4 heterocycles. The van der Waals surface area contributed by atoms with Crippen molar-refractivity contribution in [3.8, 4) is 0 Å². The van der Waals surface area contributed by atoms with Gasteiger partial charge in [0.05, 0.1) is 11.0 Å². The third-order valence-electron chi connectivity index (χ3n) is 5.96. The number of fused-ring (bicyclic) bond motifs is 1. The van der Waals surface area contributed by atoms with E-state index in [1.807, 2.05) is 25.3 Å². The molecule has 0 radical (unpaired) electrons. The van der Waals surface area contributed by atoms with E-state index in [4.69, 9.17) is 0 Å². The minimum Gasteiger partial charge on any atom is -0.325 e. The highest BCUT2D eigenvalue weighted by atomic mass is 15.2. The second-order valence-electron chi connectivity index (χ2n) is 8.13. The topological polar surface area (TPSA) is 66.8 Å². The first-order chi connectivity index (χ1) is 15.3. The predicted octanol–water partition coefficient (Wildman–Crippen LogP) is 5.20. The number of hydrogen-bond donors (Lipinski definition) is 1. The third-order valence-corrected chi connectivity index (χ3v) is 5.96. The van der Waals surface area contributed by atoms with Gasteiger partial charge in [-0.1, -0.05) is 24.6 Å². The van der Waals surface area contributed by atoms with Crippen molar-refractivity contribution in [3.05, 3.63) is 83.9 Å². The van der Waals surface area contributed by atoms with E-state index in [2.05, 4.69) is 60.5 Å². The smallest absolute Gasteiger partial charge is 0.134 e. The number of pyridine rings is 2. The Hall–Kier alpha value is -3.38. The fourth-order valence-corrected chi connectivity index (χ4v) is 4.31. The Labute approximate surface area is 182 Å². The van der Waals surface area contributed by atoms with Crippen LogP contribution in [-0.2, 0) is 6.54 Å². The zero-order valence-electron chi connectivity index (χ0n) is 17.7. The van der Waals surface area contributed by atoms with E-state index in [-0.39, 0.29) is 0 Å². The molecule has 6 nitrogen and oxygen atoms in total. The van der Waals surface area contributed by atoms with Gasteiger partial charge < -0.3 is 5.32 Å². The second-order valence-corrected chi connectivity index (χ2v) is 8.13. The van der Waals surface area contributed by atoms with Crippen molar-refractivity contribution < 1.29 is 0 Å². The Morgan fingerprint density at radius 2 is 1.84 bits per heavy atom. The molecule has 0 spiro atoms. The first-order valence-electron chi connectivity index (χ1n) is 10.8. The van der Waals surface area contributed by atoms with E-state index in [9.17, 15) is 0 Å². The molecule has 5 rings (SSSR count). The molecular formula is C25H26N6. The maximum absolute atomic E-state index is 4.68. The molecule has 6 heteroatoms. The molecule has 1 aliphatic heterocycles. The monoisotopic (exact) mass is 410 g/mol. The van der Waals surface area contributed by atoms with E-state index >= 15 is 0 Å². The molecule has 0 saturated carbocycles. The average Bonchev–Trinajstić information content (AvgIpc) is 2.81. The molecule has 1 saturated heterocycles. The van der Waals surface area contributed by atoms with Crippen molar-refractivity contribution in [2.45, 2.75) is 38.8 Å². The van der Waals surface area contributed by atoms with Gasteiger partial charge in [0.2, 0.25) is 0 Å². The van der Waals surface area contributed by atoms with Gasteiger partial charge in [0, 0.05) is 37.4 Å². The Kier molecular flexibility index (Phi) is 5.54. The van der Waals surface area contributed by atoms with Crippen LogP contribution in [0.15, 0.2) is 67.3 Å². The summed E-state index contributed by atoms with van der Waals surface area (Å²) in [6, 6.07) is 15.0. The Morgan fingerprint density at radius 3 is 2.68 bits per heavy atom. The van der Waals surface area contributed by atoms with Crippen molar-refractivity contribution in [2.24, 2.45) is 0 Å². The molecule has 31 heavy (non-hydrogen) atoms. The van der Waals surface area contributed by atoms with E-state index in [1.54, 1.807) is 18.6 Å². The van der Waals surface area contributed by atoms with Gasteiger partial charge in [0.15, 0.2) is 0 Å².